The van der Waals surface area contributed by atoms with Gasteiger partial charge in [0.15, 0.2) is 0 Å². The van der Waals surface area contributed by atoms with Crippen molar-refractivity contribution in [1.29, 1.82) is 0 Å². The molecule has 1 aromatic carbocycles. The Hall–Kier alpha value is -2.60. The third-order valence-corrected chi connectivity index (χ3v) is 6.63. The Bertz CT molecular complexity index is 904. The fourth-order valence-corrected chi connectivity index (χ4v) is 5.05. The molecule has 3 aliphatic rings. The molecule has 0 bridgehead atoms. The van der Waals surface area contributed by atoms with Gasteiger partial charge in [-0.3, -0.25) is 0 Å². The number of allylic oxidation sites excluding steroid dienone is 2. The molecule has 1 aliphatic heterocycles. The van der Waals surface area contributed by atoms with Crippen molar-refractivity contribution in [2.75, 3.05) is 23.3 Å². The van der Waals surface area contributed by atoms with Crippen LogP contribution in [-0.2, 0) is 6.42 Å². The third kappa shape index (κ3) is 3.69. The Morgan fingerprint density at radius 1 is 1.10 bits per heavy atom. The van der Waals surface area contributed by atoms with E-state index in [-0.39, 0.29) is 12.0 Å². The molecule has 4 N–H and O–H groups in total. The van der Waals surface area contributed by atoms with Crippen LogP contribution in [0, 0.1) is 5.92 Å². The summed E-state index contributed by atoms with van der Waals surface area (Å²) in [5, 5.41) is 13.9. The Kier molecular flexibility index (Phi) is 4.87. The first-order valence-electron chi connectivity index (χ1n) is 10.8. The minimum absolute atomic E-state index is 0.0200. The largest absolute Gasteiger partial charge is 0.512 e. The molecule has 1 aromatic heterocycles. The molecule has 6 heteroatoms. The molecule has 152 valence electrons. The van der Waals surface area contributed by atoms with Crippen molar-refractivity contribution in [3.05, 3.63) is 53.6 Å². The SMILES string of the molecule is NC1CCN(c2ccc(Nc3ncc4c(n3)C(C3CCCC3)C(O)=CC4)cc2)C1. The zero-order valence-electron chi connectivity index (χ0n) is 16.7. The number of fused-ring (bicyclic) bond motifs is 1. The standard InChI is InChI=1S/C23H29N5O/c24-17-11-12-28(14-17)19-8-6-18(7-9-19)26-23-25-13-16-5-10-20(29)21(22(16)27-23)15-3-1-2-4-15/h6-10,13,15,17,21,29H,1-5,11-12,14,24H2,(H,25,26,27). The number of aromatic nitrogens is 2. The minimum Gasteiger partial charge on any atom is -0.512 e. The lowest BCUT2D eigenvalue weighted by Crippen LogP contribution is -2.26. The fourth-order valence-electron chi connectivity index (χ4n) is 5.05. The predicted octanol–water partition coefficient (Wildman–Crippen LogP) is 4.03. The molecule has 1 saturated carbocycles. The molecular weight excluding hydrogens is 362 g/mol. The highest BCUT2D eigenvalue weighted by atomic mass is 16.3. The van der Waals surface area contributed by atoms with Gasteiger partial charge in [-0.05, 0) is 67.5 Å². The quantitative estimate of drug-likeness (QED) is 0.729. The molecule has 2 unspecified atom stereocenters. The van der Waals surface area contributed by atoms with Crippen LogP contribution in [0.25, 0.3) is 0 Å². The molecule has 29 heavy (non-hydrogen) atoms. The van der Waals surface area contributed by atoms with E-state index in [2.05, 4.69) is 39.5 Å². The van der Waals surface area contributed by atoms with Gasteiger partial charge in [0.25, 0.3) is 0 Å². The number of aliphatic hydroxyl groups is 1. The Labute approximate surface area is 171 Å². The summed E-state index contributed by atoms with van der Waals surface area (Å²) in [7, 11) is 0. The van der Waals surface area contributed by atoms with Crippen molar-refractivity contribution in [3.63, 3.8) is 0 Å². The zero-order chi connectivity index (χ0) is 19.8. The molecule has 0 spiro atoms. The van der Waals surface area contributed by atoms with Crippen LogP contribution in [0.4, 0.5) is 17.3 Å². The van der Waals surface area contributed by atoms with Gasteiger partial charge in [0.1, 0.15) is 0 Å². The number of aliphatic hydroxyl groups excluding tert-OH is 1. The molecule has 5 rings (SSSR count). The zero-order valence-corrected chi connectivity index (χ0v) is 16.7. The van der Waals surface area contributed by atoms with E-state index in [1.807, 2.05) is 12.3 Å². The highest BCUT2D eigenvalue weighted by Crippen LogP contribution is 2.43. The van der Waals surface area contributed by atoms with Gasteiger partial charge < -0.3 is 21.1 Å². The van der Waals surface area contributed by atoms with Crippen LogP contribution in [-0.4, -0.2) is 34.2 Å². The van der Waals surface area contributed by atoms with Crippen LogP contribution in [0.3, 0.4) is 0 Å². The van der Waals surface area contributed by atoms with E-state index in [1.165, 1.54) is 18.5 Å². The van der Waals surface area contributed by atoms with Crippen LogP contribution in [0.2, 0.25) is 0 Å². The first kappa shape index (κ1) is 18.4. The van der Waals surface area contributed by atoms with Crippen molar-refractivity contribution in [2.24, 2.45) is 11.7 Å². The second-order valence-corrected chi connectivity index (χ2v) is 8.63. The number of nitrogens with two attached hydrogens (primary N) is 1. The monoisotopic (exact) mass is 391 g/mol. The summed E-state index contributed by atoms with van der Waals surface area (Å²) in [5.41, 5.74) is 10.3. The molecule has 2 fully saturated rings. The van der Waals surface area contributed by atoms with E-state index < -0.39 is 0 Å². The number of anilines is 3. The normalized spacial score (nSPS) is 24.4. The van der Waals surface area contributed by atoms with Crippen molar-refractivity contribution in [2.45, 2.75) is 50.5 Å². The van der Waals surface area contributed by atoms with Crippen LogP contribution < -0.4 is 16.0 Å². The second kappa shape index (κ2) is 7.67. The minimum atomic E-state index is 0.0200. The summed E-state index contributed by atoms with van der Waals surface area (Å²) in [6.45, 7) is 1.93. The first-order valence-corrected chi connectivity index (χ1v) is 10.8. The van der Waals surface area contributed by atoms with Crippen molar-refractivity contribution in [1.82, 2.24) is 9.97 Å². The molecule has 2 aromatic rings. The lowest BCUT2D eigenvalue weighted by molar-refractivity contribution is 0.306. The molecule has 0 radical (unpaired) electrons. The molecule has 0 amide bonds. The van der Waals surface area contributed by atoms with Gasteiger partial charge in [0.2, 0.25) is 5.95 Å². The smallest absolute Gasteiger partial charge is 0.227 e. The van der Waals surface area contributed by atoms with E-state index in [4.69, 9.17) is 10.7 Å². The highest BCUT2D eigenvalue weighted by molar-refractivity contribution is 5.60. The van der Waals surface area contributed by atoms with Gasteiger partial charge in [-0.25, -0.2) is 9.97 Å². The Balaban J connectivity index is 1.35. The summed E-state index contributed by atoms with van der Waals surface area (Å²) in [5.74, 6) is 1.59. The van der Waals surface area contributed by atoms with E-state index in [0.717, 1.165) is 49.3 Å². The van der Waals surface area contributed by atoms with E-state index in [0.29, 0.717) is 24.0 Å². The van der Waals surface area contributed by atoms with E-state index in [1.54, 1.807) is 0 Å². The van der Waals surface area contributed by atoms with Crippen molar-refractivity contribution >= 4 is 17.3 Å². The van der Waals surface area contributed by atoms with Gasteiger partial charge in [0, 0.05) is 36.7 Å². The fraction of sp³-hybridized carbons (Fsp3) is 0.478. The predicted molar refractivity (Wildman–Crippen MR) is 116 cm³/mol. The van der Waals surface area contributed by atoms with Gasteiger partial charge in [0.05, 0.1) is 17.4 Å². The lowest BCUT2D eigenvalue weighted by atomic mass is 9.81. The maximum Gasteiger partial charge on any atom is 0.227 e. The number of hydrogen-bond donors (Lipinski definition) is 3. The number of rotatable bonds is 4. The molecule has 2 heterocycles. The number of nitrogens with one attached hydrogen (secondary N) is 1. The summed E-state index contributed by atoms with van der Waals surface area (Å²) in [4.78, 5) is 11.7. The average Bonchev–Trinajstić information content (AvgIpc) is 3.40. The number of hydrogen-bond acceptors (Lipinski definition) is 6. The van der Waals surface area contributed by atoms with Crippen LogP contribution in [0.5, 0.6) is 0 Å². The Morgan fingerprint density at radius 3 is 2.62 bits per heavy atom. The Morgan fingerprint density at radius 2 is 1.90 bits per heavy atom. The van der Waals surface area contributed by atoms with Crippen LogP contribution in [0.1, 0.15) is 49.3 Å². The van der Waals surface area contributed by atoms with Gasteiger partial charge in [-0.15, -0.1) is 0 Å². The van der Waals surface area contributed by atoms with Crippen LogP contribution in [0.15, 0.2) is 42.3 Å². The summed E-state index contributed by atoms with van der Waals surface area (Å²) >= 11 is 0. The first-order chi connectivity index (χ1) is 14.2. The highest BCUT2D eigenvalue weighted by Gasteiger charge is 2.34. The maximum absolute atomic E-state index is 10.6. The lowest BCUT2D eigenvalue weighted by Gasteiger charge is -2.27. The van der Waals surface area contributed by atoms with E-state index in [9.17, 15) is 5.11 Å². The maximum atomic E-state index is 10.6. The van der Waals surface area contributed by atoms with Crippen molar-refractivity contribution < 1.29 is 5.11 Å². The molecule has 2 atom stereocenters. The molecule has 6 nitrogen and oxygen atoms in total. The van der Waals surface area contributed by atoms with E-state index >= 15 is 0 Å². The van der Waals surface area contributed by atoms with Gasteiger partial charge in [-0.2, -0.15) is 0 Å². The average molecular weight is 392 g/mol. The van der Waals surface area contributed by atoms with Crippen LogP contribution >= 0.6 is 0 Å². The summed E-state index contributed by atoms with van der Waals surface area (Å²) < 4.78 is 0. The van der Waals surface area contributed by atoms with Gasteiger partial charge in [-0.1, -0.05) is 12.8 Å². The number of benzene rings is 1. The molecule has 1 saturated heterocycles. The second-order valence-electron chi connectivity index (χ2n) is 8.63. The topological polar surface area (TPSA) is 87.3 Å². The van der Waals surface area contributed by atoms with Gasteiger partial charge >= 0.3 is 0 Å². The summed E-state index contributed by atoms with van der Waals surface area (Å²) in [6.07, 6.45) is 10.4. The third-order valence-electron chi connectivity index (χ3n) is 6.63. The molecular formula is C23H29N5O. The van der Waals surface area contributed by atoms with Crippen molar-refractivity contribution in [3.8, 4) is 0 Å². The summed E-state index contributed by atoms with van der Waals surface area (Å²) in [6, 6.07) is 8.64. The molecule has 2 aliphatic carbocycles. The number of nitrogens with zero attached hydrogens (tertiary/aromatic N) is 3.